The smallest absolute Gasteiger partial charge is 0.325 e. The van der Waals surface area contributed by atoms with E-state index < -0.39 is 29.3 Å². The van der Waals surface area contributed by atoms with Crippen LogP contribution in [0.5, 0.6) is 0 Å². The van der Waals surface area contributed by atoms with Crippen LogP contribution >= 0.6 is 0 Å². The third-order valence-corrected chi connectivity index (χ3v) is 4.01. The minimum atomic E-state index is -0.711. The van der Waals surface area contributed by atoms with E-state index in [-0.39, 0.29) is 11.4 Å². The molecule has 9 heteroatoms. The lowest BCUT2D eigenvalue weighted by atomic mass is 10.1. The highest BCUT2D eigenvalue weighted by molar-refractivity contribution is 6.15. The van der Waals surface area contributed by atoms with Crippen molar-refractivity contribution < 1.29 is 19.3 Å². The fourth-order valence-corrected chi connectivity index (χ4v) is 2.56. The number of nitrogens with one attached hydrogen (secondary N) is 2. The van der Waals surface area contributed by atoms with Crippen molar-refractivity contribution in [1.82, 2.24) is 10.2 Å². The number of carbonyl (C=O) groups is 3. The molecule has 0 atom stereocenters. The van der Waals surface area contributed by atoms with Crippen molar-refractivity contribution in [2.24, 2.45) is 0 Å². The van der Waals surface area contributed by atoms with Gasteiger partial charge in [-0.3, -0.25) is 19.7 Å². The van der Waals surface area contributed by atoms with E-state index >= 15 is 0 Å². The summed E-state index contributed by atoms with van der Waals surface area (Å²) in [6.07, 6.45) is 1.39. The summed E-state index contributed by atoms with van der Waals surface area (Å²) < 4.78 is 0. The Morgan fingerprint density at radius 2 is 1.79 bits per heavy atom. The number of rotatable bonds is 5. The van der Waals surface area contributed by atoms with Gasteiger partial charge in [0, 0.05) is 17.8 Å². The summed E-state index contributed by atoms with van der Waals surface area (Å²) in [6.45, 7) is 1.48. The van der Waals surface area contributed by atoms with E-state index in [9.17, 15) is 24.5 Å². The van der Waals surface area contributed by atoms with Crippen LogP contribution in [0.25, 0.3) is 6.08 Å². The van der Waals surface area contributed by atoms with Crippen LogP contribution in [0.1, 0.15) is 11.1 Å². The molecule has 1 fully saturated rings. The Morgan fingerprint density at radius 1 is 1.14 bits per heavy atom. The maximum absolute atomic E-state index is 12.4. The maximum Gasteiger partial charge on any atom is 0.329 e. The van der Waals surface area contributed by atoms with Gasteiger partial charge >= 0.3 is 6.03 Å². The molecule has 2 aromatic rings. The first-order valence-corrected chi connectivity index (χ1v) is 8.29. The predicted molar refractivity (Wildman–Crippen MR) is 101 cm³/mol. The lowest BCUT2D eigenvalue weighted by Crippen LogP contribution is -2.38. The SMILES string of the molecule is Cc1ccc(NC(=O)CN2C(=O)N/C(=C/c3ccc([N+](=O)[O-])cc3)C2=O)cc1. The van der Waals surface area contributed by atoms with Gasteiger partial charge in [-0.25, -0.2) is 9.69 Å². The molecule has 1 saturated heterocycles. The molecule has 0 aromatic heterocycles. The molecule has 0 radical (unpaired) electrons. The Morgan fingerprint density at radius 3 is 2.39 bits per heavy atom. The van der Waals surface area contributed by atoms with E-state index in [1.165, 1.54) is 30.3 Å². The van der Waals surface area contributed by atoms with Crippen LogP contribution in [0.15, 0.2) is 54.2 Å². The Labute approximate surface area is 159 Å². The number of hydrogen-bond donors (Lipinski definition) is 2. The van der Waals surface area contributed by atoms with Crippen LogP contribution in [0.3, 0.4) is 0 Å². The zero-order chi connectivity index (χ0) is 20.3. The molecule has 9 nitrogen and oxygen atoms in total. The third-order valence-electron chi connectivity index (χ3n) is 4.01. The second kappa shape index (κ2) is 7.70. The summed E-state index contributed by atoms with van der Waals surface area (Å²) >= 11 is 0. The van der Waals surface area contributed by atoms with Gasteiger partial charge in [0.15, 0.2) is 0 Å². The number of nitro benzene ring substituents is 1. The molecule has 4 amide bonds. The average molecular weight is 380 g/mol. The van der Waals surface area contributed by atoms with Crippen molar-refractivity contribution in [3.05, 3.63) is 75.5 Å². The molecule has 0 unspecified atom stereocenters. The second-order valence-electron chi connectivity index (χ2n) is 6.14. The van der Waals surface area contributed by atoms with Crippen LogP contribution in [0.4, 0.5) is 16.2 Å². The molecule has 2 aromatic carbocycles. The molecular formula is C19H16N4O5. The molecular weight excluding hydrogens is 364 g/mol. The van der Waals surface area contributed by atoms with Crippen molar-refractivity contribution in [1.29, 1.82) is 0 Å². The number of non-ortho nitro benzene ring substituents is 1. The topological polar surface area (TPSA) is 122 Å². The van der Waals surface area contributed by atoms with Gasteiger partial charge in [0.2, 0.25) is 5.91 Å². The number of anilines is 1. The van der Waals surface area contributed by atoms with Gasteiger partial charge in [-0.1, -0.05) is 17.7 Å². The lowest BCUT2D eigenvalue weighted by Gasteiger charge is -2.12. The standard InChI is InChI=1S/C19H16N4O5/c1-12-2-6-14(7-3-12)20-17(24)11-22-18(25)16(21-19(22)26)10-13-4-8-15(9-5-13)23(27)28/h2-10H,11H2,1H3,(H,20,24)(H,21,26)/b16-10+. The van der Waals surface area contributed by atoms with Crippen molar-refractivity contribution in [2.75, 3.05) is 11.9 Å². The number of carbonyl (C=O) groups excluding carboxylic acids is 3. The minimum absolute atomic E-state index is 0.0120. The monoisotopic (exact) mass is 380 g/mol. The summed E-state index contributed by atoms with van der Waals surface area (Å²) in [4.78, 5) is 47.5. The van der Waals surface area contributed by atoms with Crippen LogP contribution in [-0.4, -0.2) is 34.2 Å². The highest BCUT2D eigenvalue weighted by Crippen LogP contribution is 2.17. The highest BCUT2D eigenvalue weighted by Gasteiger charge is 2.34. The molecule has 142 valence electrons. The number of imide groups is 1. The molecule has 0 aliphatic carbocycles. The largest absolute Gasteiger partial charge is 0.329 e. The number of aryl methyl sites for hydroxylation is 1. The normalized spacial score (nSPS) is 14.9. The fourth-order valence-electron chi connectivity index (χ4n) is 2.56. The molecule has 1 heterocycles. The van der Waals surface area contributed by atoms with Crippen LogP contribution < -0.4 is 10.6 Å². The molecule has 0 spiro atoms. The van der Waals surface area contributed by atoms with Gasteiger partial charge in [0.05, 0.1) is 4.92 Å². The summed E-state index contributed by atoms with van der Waals surface area (Å²) in [5, 5.41) is 15.7. The Kier molecular flexibility index (Phi) is 5.16. The van der Waals surface area contributed by atoms with Crippen LogP contribution in [0.2, 0.25) is 0 Å². The van der Waals surface area contributed by atoms with Crippen molar-refractivity contribution in [3.63, 3.8) is 0 Å². The minimum Gasteiger partial charge on any atom is -0.325 e. The molecule has 0 saturated carbocycles. The first-order valence-electron chi connectivity index (χ1n) is 8.29. The van der Waals surface area contributed by atoms with Gasteiger partial charge < -0.3 is 10.6 Å². The molecule has 28 heavy (non-hydrogen) atoms. The van der Waals surface area contributed by atoms with E-state index in [2.05, 4.69) is 10.6 Å². The highest BCUT2D eigenvalue weighted by atomic mass is 16.6. The lowest BCUT2D eigenvalue weighted by molar-refractivity contribution is -0.384. The van der Waals surface area contributed by atoms with E-state index in [1.54, 1.807) is 12.1 Å². The fraction of sp³-hybridized carbons (Fsp3) is 0.105. The Bertz CT molecular complexity index is 980. The predicted octanol–water partition coefficient (Wildman–Crippen LogP) is 2.43. The first-order chi connectivity index (χ1) is 13.3. The maximum atomic E-state index is 12.4. The van der Waals surface area contributed by atoms with E-state index in [0.29, 0.717) is 11.3 Å². The molecule has 2 N–H and O–H groups in total. The number of benzene rings is 2. The van der Waals surface area contributed by atoms with Gasteiger partial charge in [-0.2, -0.15) is 0 Å². The number of hydrogen-bond acceptors (Lipinski definition) is 5. The zero-order valence-corrected chi connectivity index (χ0v) is 14.8. The van der Waals surface area contributed by atoms with E-state index in [0.717, 1.165) is 10.5 Å². The molecule has 0 bridgehead atoms. The Balaban J connectivity index is 1.68. The van der Waals surface area contributed by atoms with Gasteiger partial charge in [-0.05, 0) is 42.8 Å². The van der Waals surface area contributed by atoms with Gasteiger partial charge in [-0.15, -0.1) is 0 Å². The third kappa shape index (κ3) is 4.21. The zero-order valence-electron chi connectivity index (χ0n) is 14.8. The van der Waals surface area contributed by atoms with E-state index in [4.69, 9.17) is 0 Å². The van der Waals surface area contributed by atoms with Crippen LogP contribution in [0, 0.1) is 17.0 Å². The second-order valence-corrected chi connectivity index (χ2v) is 6.14. The summed E-state index contributed by atoms with van der Waals surface area (Å²) in [5.74, 6) is -1.16. The van der Waals surface area contributed by atoms with Crippen molar-refractivity contribution >= 4 is 35.3 Å². The first kappa shape index (κ1) is 18.8. The molecule has 1 aliphatic rings. The quantitative estimate of drug-likeness (QED) is 0.357. The van der Waals surface area contributed by atoms with Crippen molar-refractivity contribution in [2.45, 2.75) is 6.92 Å². The van der Waals surface area contributed by atoms with Gasteiger partial charge in [0.1, 0.15) is 12.2 Å². The number of urea groups is 1. The molecule has 1 aliphatic heterocycles. The van der Waals surface area contributed by atoms with Crippen LogP contribution in [-0.2, 0) is 9.59 Å². The number of nitro groups is 1. The number of amides is 4. The summed E-state index contributed by atoms with van der Waals surface area (Å²) in [6, 6.07) is 11.9. The summed E-state index contributed by atoms with van der Waals surface area (Å²) in [7, 11) is 0. The molecule has 3 rings (SSSR count). The van der Waals surface area contributed by atoms with E-state index in [1.807, 2.05) is 19.1 Å². The van der Waals surface area contributed by atoms with Gasteiger partial charge in [0.25, 0.3) is 11.6 Å². The number of nitrogens with zero attached hydrogens (tertiary/aromatic N) is 2. The summed E-state index contributed by atoms with van der Waals surface area (Å²) in [5.41, 5.74) is 2.00. The average Bonchev–Trinajstić information content (AvgIpc) is 2.91. The Hall–Kier alpha value is -4.01. The van der Waals surface area contributed by atoms with Crippen molar-refractivity contribution in [3.8, 4) is 0 Å².